The van der Waals surface area contributed by atoms with Gasteiger partial charge in [0.2, 0.25) is 0 Å². The van der Waals surface area contributed by atoms with Crippen molar-refractivity contribution in [3.8, 4) is 0 Å². The predicted molar refractivity (Wildman–Crippen MR) is 200 cm³/mol. The molecule has 1 fully saturated rings. The summed E-state index contributed by atoms with van der Waals surface area (Å²) in [6, 6.07) is 16.0. The minimum atomic E-state index is -0.384. The molecule has 2 aromatic rings. The van der Waals surface area contributed by atoms with E-state index in [2.05, 4.69) is 57.2 Å². The monoisotopic (exact) mass is 698 g/mol. The number of rotatable bonds is 14. The molecule has 51 heavy (non-hydrogen) atoms. The maximum absolute atomic E-state index is 14.6. The van der Waals surface area contributed by atoms with E-state index in [0.29, 0.717) is 41.8 Å². The number of amides is 2. The minimum absolute atomic E-state index is 0.0177. The Bertz CT molecular complexity index is 1660. The van der Waals surface area contributed by atoms with Crippen LogP contribution >= 0.6 is 0 Å². The highest BCUT2D eigenvalue weighted by Gasteiger charge is 2.38. The lowest BCUT2D eigenvalue weighted by Crippen LogP contribution is -2.50. The second-order valence-corrected chi connectivity index (χ2v) is 13.7. The molecule has 0 spiro atoms. The first-order valence-corrected chi connectivity index (χ1v) is 18.0. The summed E-state index contributed by atoms with van der Waals surface area (Å²) >= 11 is 0. The number of ether oxygens (including phenoxy) is 2. The van der Waals surface area contributed by atoms with Crippen LogP contribution in [0.1, 0.15) is 79.8 Å². The number of carbonyl (C=O) groups is 3. The number of allylic oxidation sites excluding steroid dienone is 3. The number of methoxy groups -OCH3 is 2. The number of hydrazine groups is 1. The van der Waals surface area contributed by atoms with Crippen LogP contribution < -0.4 is 21.1 Å². The average Bonchev–Trinajstić information content (AvgIpc) is 3.50. The number of Topliss-reactive ketones (excluding diaryl/α,β-unsaturated/α-hetero) is 1. The normalized spacial score (nSPS) is 20.6. The van der Waals surface area contributed by atoms with Gasteiger partial charge in [-0.1, -0.05) is 54.1 Å². The van der Waals surface area contributed by atoms with Crippen LogP contribution in [-0.2, 0) is 14.3 Å². The Morgan fingerprint density at radius 1 is 1.02 bits per heavy atom. The highest BCUT2D eigenvalue weighted by atomic mass is 16.5. The average molecular weight is 699 g/mol. The first kappa shape index (κ1) is 37.8. The summed E-state index contributed by atoms with van der Waals surface area (Å²) in [6.07, 6.45) is 4.70. The third-order valence-corrected chi connectivity index (χ3v) is 10.5. The van der Waals surface area contributed by atoms with E-state index in [4.69, 9.17) is 9.47 Å². The van der Waals surface area contributed by atoms with Crippen molar-refractivity contribution in [2.75, 3.05) is 58.4 Å². The standard InChI is InChI=1S/C40H54N6O5/c1-26(18-19-36(51-7)30(5)50-6)33(17-12-20-41-39(48)37-27(2)42-43-28(37)3)46-25-35(47)32-15-11-16-34(38(32)40(46)49)45-23-21-44(22-24-45)29(4)31-13-9-8-10-14-31/h8-11,13-16,18-19,27,29-30,33,42-43H,12,17,20-25H2,1-7H3,(H,41,48)/b26-18+,36-19+/t27?,29-,30?,33?/m1/s1. The lowest BCUT2D eigenvalue weighted by Gasteiger charge is -2.41. The van der Waals surface area contributed by atoms with E-state index < -0.39 is 0 Å². The quantitative estimate of drug-likeness (QED) is 0.146. The first-order chi connectivity index (χ1) is 24.5. The van der Waals surface area contributed by atoms with Gasteiger partial charge in [0, 0.05) is 57.1 Å². The smallest absolute Gasteiger partial charge is 0.257 e. The van der Waals surface area contributed by atoms with E-state index in [0.717, 1.165) is 43.1 Å². The zero-order valence-corrected chi connectivity index (χ0v) is 31.1. The lowest BCUT2D eigenvalue weighted by atomic mass is 9.91. The molecule has 4 atom stereocenters. The van der Waals surface area contributed by atoms with Gasteiger partial charge in [0.15, 0.2) is 5.78 Å². The molecule has 2 amide bonds. The van der Waals surface area contributed by atoms with E-state index in [1.807, 2.05) is 58.0 Å². The Balaban J connectivity index is 1.37. The molecule has 3 heterocycles. The molecule has 0 bridgehead atoms. The molecular weight excluding hydrogens is 644 g/mol. The van der Waals surface area contributed by atoms with E-state index >= 15 is 0 Å². The topological polar surface area (TPSA) is 115 Å². The molecule has 3 aliphatic rings. The molecule has 0 radical (unpaired) electrons. The van der Waals surface area contributed by atoms with Crippen LogP contribution in [0.2, 0.25) is 0 Å². The van der Waals surface area contributed by atoms with Crippen LogP contribution in [0.5, 0.6) is 0 Å². The number of nitrogens with zero attached hydrogens (tertiary/aromatic N) is 3. The van der Waals surface area contributed by atoms with E-state index in [9.17, 15) is 14.4 Å². The molecule has 5 rings (SSSR count). The number of benzene rings is 2. The van der Waals surface area contributed by atoms with Gasteiger partial charge in [-0.3, -0.25) is 19.3 Å². The van der Waals surface area contributed by atoms with Gasteiger partial charge in [0.1, 0.15) is 11.9 Å². The number of hydrogen-bond donors (Lipinski definition) is 3. The highest BCUT2D eigenvalue weighted by molar-refractivity contribution is 6.16. The number of carbonyl (C=O) groups excluding carboxylic acids is 3. The molecule has 0 aliphatic carbocycles. The molecule has 3 N–H and O–H groups in total. The summed E-state index contributed by atoms with van der Waals surface area (Å²) in [4.78, 5) is 47.9. The maximum atomic E-state index is 14.6. The van der Waals surface area contributed by atoms with Crippen LogP contribution in [-0.4, -0.2) is 99.1 Å². The van der Waals surface area contributed by atoms with Gasteiger partial charge in [-0.2, -0.15) is 0 Å². The second kappa shape index (κ2) is 17.2. The first-order valence-electron chi connectivity index (χ1n) is 18.0. The number of anilines is 1. The van der Waals surface area contributed by atoms with E-state index in [1.165, 1.54) is 5.56 Å². The fraction of sp³-hybridized carbons (Fsp3) is 0.475. The Kier molecular flexibility index (Phi) is 12.7. The van der Waals surface area contributed by atoms with Crippen molar-refractivity contribution in [2.45, 2.75) is 71.7 Å². The van der Waals surface area contributed by atoms with Gasteiger partial charge in [-0.05, 0) is 65.2 Å². The zero-order valence-electron chi connectivity index (χ0n) is 31.1. The number of piperazine rings is 1. The van der Waals surface area contributed by atoms with Gasteiger partial charge < -0.3 is 30.0 Å². The van der Waals surface area contributed by atoms with E-state index in [1.54, 1.807) is 25.2 Å². The summed E-state index contributed by atoms with van der Waals surface area (Å²) < 4.78 is 11.0. The minimum Gasteiger partial charge on any atom is -0.498 e. The molecule has 11 nitrogen and oxygen atoms in total. The van der Waals surface area contributed by atoms with Crippen LogP contribution in [0.4, 0.5) is 5.69 Å². The summed E-state index contributed by atoms with van der Waals surface area (Å²) in [7, 11) is 3.23. The van der Waals surface area contributed by atoms with Crippen molar-refractivity contribution in [1.82, 2.24) is 26.0 Å². The third-order valence-electron chi connectivity index (χ3n) is 10.5. The van der Waals surface area contributed by atoms with Crippen LogP contribution in [0.25, 0.3) is 0 Å². The molecular formula is C40H54N6O5. The summed E-state index contributed by atoms with van der Waals surface area (Å²) in [5.74, 6) is 0.297. The molecule has 0 aromatic heterocycles. The van der Waals surface area contributed by atoms with Crippen molar-refractivity contribution in [1.29, 1.82) is 0 Å². The van der Waals surface area contributed by atoms with Crippen LogP contribution in [0.3, 0.4) is 0 Å². The number of ketones is 1. The fourth-order valence-electron chi connectivity index (χ4n) is 7.34. The van der Waals surface area contributed by atoms with Gasteiger partial charge in [-0.15, -0.1) is 0 Å². The second-order valence-electron chi connectivity index (χ2n) is 13.7. The fourth-order valence-corrected chi connectivity index (χ4v) is 7.34. The van der Waals surface area contributed by atoms with Crippen molar-refractivity contribution in [3.63, 3.8) is 0 Å². The molecule has 11 heteroatoms. The van der Waals surface area contributed by atoms with Gasteiger partial charge >= 0.3 is 0 Å². The molecule has 0 saturated carbocycles. The third kappa shape index (κ3) is 8.54. The molecule has 3 aliphatic heterocycles. The van der Waals surface area contributed by atoms with Gasteiger partial charge in [0.25, 0.3) is 11.8 Å². The van der Waals surface area contributed by atoms with Crippen LogP contribution in [0, 0.1) is 0 Å². The molecule has 1 saturated heterocycles. The summed E-state index contributed by atoms with van der Waals surface area (Å²) in [5.41, 5.74) is 11.5. The summed E-state index contributed by atoms with van der Waals surface area (Å²) in [6.45, 7) is 13.5. The Morgan fingerprint density at radius 2 is 1.75 bits per heavy atom. The summed E-state index contributed by atoms with van der Waals surface area (Å²) in [5, 5.41) is 3.05. The van der Waals surface area contributed by atoms with Crippen molar-refractivity contribution >= 4 is 23.3 Å². The number of hydrogen-bond acceptors (Lipinski definition) is 9. The van der Waals surface area contributed by atoms with Gasteiger partial charge in [-0.25, -0.2) is 5.43 Å². The SMILES string of the molecule is CO/C(=C/C=C(\C)C(CCCNC(=O)C1=C(C)NNC1C)N1CC(=O)c2cccc(N3CCN([C@H](C)c4ccccc4)CC3)c2C1=O)C(C)OC. The van der Waals surface area contributed by atoms with E-state index in [-0.39, 0.29) is 48.4 Å². The number of nitrogens with one attached hydrogen (secondary N) is 3. The van der Waals surface area contributed by atoms with Crippen molar-refractivity contribution in [3.05, 3.63) is 100.0 Å². The zero-order chi connectivity index (χ0) is 36.7. The van der Waals surface area contributed by atoms with Crippen molar-refractivity contribution < 1.29 is 23.9 Å². The van der Waals surface area contributed by atoms with Gasteiger partial charge in [0.05, 0.1) is 42.6 Å². The molecule has 2 aromatic carbocycles. The Morgan fingerprint density at radius 3 is 2.39 bits per heavy atom. The highest BCUT2D eigenvalue weighted by Crippen LogP contribution is 2.33. The predicted octanol–water partition coefficient (Wildman–Crippen LogP) is 4.76. The lowest BCUT2D eigenvalue weighted by molar-refractivity contribution is -0.117. The maximum Gasteiger partial charge on any atom is 0.257 e. The Labute approximate surface area is 302 Å². The Hall–Kier alpha value is -4.45. The van der Waals surface area contributed by atoms with Crippen molar-refractivity contribution in [2.24, 2.45) is 0 Å². The van der Waals surface area contributed by atoms with Crippen LogP contribution in [0.15, 0.2) is 83.3 Å². The number of fused-ring (bicyclic) bond motifs is 1. The molecule has 3 unspecified atom stereocenters. The molecule has 274 valence electrons. The largest absolute Gasteiger partial charge is 0.498 e.